The molecule has 0 aromatic carbocycles. The van der Waals surface area contributed by atoms with Gasteiger partial charge in [-0.25, -0.2) is 0 Å². The van der Waals surface area contributed by atoms with E-state index in [0.29, 0.717) is 6.54 Å². The number of likely N-dealkylation sites (N-methyl/N-ethyl adjacent to an activating group) is 1. The van der Waals surface area contributed by atoms with Crippen molar-refractivity contribution < 1.29 is 4.79 Å². The van der Waals surface area contributed by atoms with Crippen molar-refractivity contribution in [3.63, 3.8) is 0 Å². The molecule has 1 amide bonds. The van der Waals surface area contributed by atoms with E-state index in [1.807, 2.05) is 19.2 Å². The van der Waals surface area contributed by atoms with E-state index in [-0.39, 0.29) is 17.9 Å². The van der Waals surface area contributed by atoms with Gasteiger partial charge in [-0.2, -0.15) is 0 Å². The number of nitrogens with one attached hydrogen (secondary N) is 2. The molecule has 0 saturated carbocycles. The Kier molecular flexibility index (Phi) is 4.64. The average Bonchev–Trinajstić information content (AvgIpc) is 2.70. The van der Waals surface area contributed by atoms with Crippen LogP contribution in [-0.4, -0.2) is 28.6 Å². The van der Waals surface area contributed by atoms with Crippen LogP contribution in [0.15, 0.2) is 5.38 Å². The zero-order chi connectivity index (χ0) is 11.3. The Labute approximate surface area is 93.4 Å². The van der Waals surface area contributed by atoms with Crippen molar-refractivity contribution in [1.29, 1.82) is 0 Å². The van der Waals surface area contributed by atoms with Crippen molar-refractivity contribution in [3.8, 4) is 0 Å². The summed E-state index contributed by atoms with van der Waals surface area (Å²) in [5.74, 6) is 0.254. The quantitative estimate of drug-likeness (QED) is 0.765. The molecule has 1 aromatic rings. The number of hydrogen-bond donors (Lipinski definition) is 2. The molecular weight excluding hydrogens is 212 g/mol. The first kappa shape index (κ1) is 12.1. The lowest BCUT2D eigenvalue weighted by atomic mass is 10.0. The van der Waals surface area contributed by atoms with Crippen LogP contribution in [0.5, 0.6) is 0 Å². The minimum absolute atomic E-state index is 0.00758. The molecular formula is C9H16N4OS. The number of aromatic nitrogens is 2. The summed E-state index contributed by atoms with van der Waals surface area (Å²) in [6.45, 7) is 4.59. The molecule has 1 unspecified atom stereocenters. The Morgan fingerprint density at radius 3 is 2.80 bits per heavy atom. The van der Waals surface area contributed by atoms with E-state index in [1.54, 1.807) is 7.05 Å². The molecule has 0 spiro atoms. The Morgan fingerprint density at radius 1 is 1.60 bits per heavy atom. The molecule has 6 heteroatoms. The summed E-state index contributed by atoms with van der Waals surface area (Å²) >= 11 is 1.31. The largest absolute Gasteiger partial charge is 0.358 e. The summed E-state index contributed by atoms with van der Waals surface area (Å²) in [5, 5.41) is 11.6. The highest BCUT2D eigenvalue weighted by Crippen LogP contribution is 2.04. The van der Waals surface area contributed by atoms with Crippen LogP contribution in [0.3, 0.4) is 0 Å². The molecule has 0 saturated heterocycles. The monoisotopic (exact) mass is 228 g/mol. The number of amides is 1. The SMILES string of the molecule is CNC(=O)C(NCc1csnn1)C(C)C. The van der Waals surface area contributed by atoms with E-state index >= 15 is 0 Å². The second-order valence-electron chi connectivity index (χ2n) is 3.61. The predicted molar refractivity (Wildman–Crippen MR) is 59.4 cm³/mol. The van der Waals surface area contributed by atoms with Gasteiger partial charge in [0.1, 0.15) is 0 Å². The van der Waals surface area contributed by atoms with Crippen LogP contribution in [0, 0.1) is 5.92 Å². The highest BCUT2D eigenvalue weighted by Gasteiger charge is 2.20. The van der Waals surface area contributed by atoms with Crippen molar-refractivity contribution in [2.24, 2.45) is 5.92 Å². The summed E-state index contributed by atoms with van der Waals surface area (Å²) < 4.78 is 3.76. The maximum atomic E-state index is 11.5. The van der Waals surface area contributed by atoms with Crippen LogP contribution in [-0.2, 0) is 11.3 Å². The first-order valence-corrected chi connectivity index (χ1v) is 5.69. The molecule has 2 N–H and O–H groups in total. The van der Waals surface area contributed by atoms with E-state index in [4.69, 9.17) is 0 Å². The molecule has 84 valence electrons. The maximum absolute atomic E-state index is 11.5. The lowest BCUT2D eigenvalue weighted by Gasteiger charge is -2.19. The Morgan fingerprint density at radius 2 is 2.33 bits per heavy atom. The molecule has 1 atom stereocenters. The van der Waals surface area contributed by atoms with Gasteiger partial charge in [0, 0.05) is 19.0 Å². The van der Waals surface area contributed by atoms with Gasteiger partial charge in [-0.3, -0.25) is 10.1 Å². The molecule has 0 bridgehead atoms. The number of hydrogen-bond acceptors (Lipinski definition) is 5. The lowest BCUT2D eigenvalue weighted by Crippen LogP contribution is -2.46. The first-order valence-electron chi connectivity index (χ1n) is 4.86. The highest BCUT2D eigenvalue weighted by atomic mass is 32.1. The fourth-order valence-corrected chi connectivity index (χ4v) is 1.71. The first-order chi connectivity index (χ1) is 7.15. The van der Waals surface area contributed by atoms with Gasteiger partial charge in [-0.05, 0) is 17.5 Å². The van der Waals surface area contributed by atoms with Gasteiger partial charge >= 0.3 is 0 Å². The van der Waals surface area contributed by atoms with Crippen molar-refractivity contribution in [2.75, 3.05) is 7.05 Å². The van der Waals surface area contributed by atoms with E-state index in [9.17, 15) is 4.79 Å². The normalized spacial score (nSPS) is 12.8. The van der Waals surface area contributed by atoms with E-state index in [2.05, 4.69) is 20.2 Å². The molecule has 0 aliphatic heterocycles. The fraction of sp³-hybridized carbons (Fsp3) is 0.667. The van der Waals surface area contributed by atoms with Gasteiger partial charge in [0.05, 0.1) is 11.7 Å². The lowest BCUT2D eigenvalue weighted by molar-refractivity contribution is -0.123. The summed E-state index contributed by atoms with van der Waals surface area (Å²) in [6.07, 6.45) is 0. The highest BCUT2D eigenvalue weighted by molar-refractivity contribution is 7.03. The molecule has 1 heterocycles. The minimum Gasteiger partial charge on any atom is -0.358 e. The van der Waals surface area contributed by atoms with E-state index in [0.717, 1.165) is 5.69 Å². The Bertz CT molecular complexity index is 299. The maximum Gasteiger partial charge on any atom is 0.237 e. The van der Waals surface area contributed by atoms with Gasteiger partial charge in [0.25, 0.3) is 0 Å². The zero-order valence-electron chi connectivity index (χ0n) is 9.15. The van der Waals surface area contributed by atoms with Crippen LogP contribution >= 0.6 is 11.5 Å². The van der Waals surface area contributed by atoms with Crippen molar-refractivity contribution in [1.82, 2.24) is 20.2 Å². The minimum atomic E-state index is -0.184. The molecule has 15 heavy (non-hydrogen) atoms. The summed E-state index contributed by atoms with van der Waals surface area (Å²) in [7, 11) is 1.64. The van der Waals surface area contributed by atoms with Crippen LogP contribution in [0.25, 0.3) is 0 Å². The van der Waals surface area contributed by atoms with Crippen LogP contribution in [0.2, 0.25) is 0 Å². The predicted octanol–water partition coefficient (Wildman–Crippen LogP) is 0.398. The molecule has 5 nitrogen and oxygen atoms in total. The Balaban J connectivity index is 2.49. The van der Waals surface area contributed by atoms with Gasteiger partial charge in [0.15, 0.2) is 0 Å². The number of rotatable bonds is 5. The van der Waals surface area contributed by atoms with Crippen LogP contribution < -0.4 is 10.6 Å². The molecule has 1 aromatic heterocycles. The molecule has 0 aliphatic rings. The van der Waals surface area contributed by atoms with Crippen LogP contribution in [0.1, 0.15) is 19.5 Å². The van der Waals surface area contributed by atoms with Gasteiger partial charge < -0.3 is 5.32 Å². The number of carbonyl (C=O) groups excluding carboxylic acids is 1. The van der Waals surface area contributed by atoms with E-state index < -0.39 is 0 Å². The summed E-state index contributed by atoms with van der Waals surface area (Å²) in [6, 6.07) is -0.184. The van der Waals surface area contributed by atoms with Gasteiger partial charge in [-0.15, -0.1) is 5.10 Å². The molecule has 0 radical (unpaired) electrons. The zero-order valence-corrected chi connectivity index (χ0v) is 9.97. The summed E-state index contributed by atoms with van der Waals surface area (Å²) in [5.41, 5.74) is 0.870. The second kappa shape index (κ2) is 5.77. The topological polar surface area (TPSA) is 66.9 Å². The standard InChI is InChI=1S/C9H16N4OS/c1-6(2)8(9(14)10-3)11-4-7-5-15-13-12-7/h5-6,8,11H,4H2,1-3H3,(H,10,14). The third kappa shape index (κ3) is 3.56. The number of carbonyl (C=O) groups is 1. The van der Waals surface area contributed by atoms with Gasteiger partial charge in [0.2, 0.25) is 5.91 Å². The van der Waals surface area contributed by atoms with Crippen molar-refractivity contribution in [3.05, 3.63) is 11.1 Å². The third-order valence-electron chi connectivity index (χ3n) is 2.10. The second-order valence-corrected chi connectivity index (χ2v) is 4.22. The summed E-state index contributed by atoms with van der Waals surface area (Å²) in [4.78, 5) is 11.5. The smallest absolute Gasteiger partial charge is 0.237 e. The molecule has 1 rings (SSSR count). The van der Waals surface area contributed by atoms with Crippen molar-refractivity contribution >= 4 is 17.4 Å². The number of nitrogens with zero attached hydrogens (tertiary/aromatic N) is 2. The Hall–Kier alpha value is -1.01. The van der Waals surface area contributed by atoms with Crippen molar-refractivity contribution in [2.45, 2.75) is 26.4 Å². The average molecular weight is 228 g/mol. The fourth-order valence-electron chi connectivity index (χ4n) is 1.26. The molecule has 0 fully saturated rings. The van der Waals surface area contributed by atoms with Crippen LogP contribution in [0.4, 0.5) is 0 Å². The van der Waals surface area contributed by atoms with Gasteiger partial charge in [-0.1, -0.05) is 18.3 Å². The molecule has 0 aliphatic carbocycles. The third-order valence-corrected chi connectivity index (χ3v) is 2.66. The van der Waals surface area contributed by atoms with E-state index in [1.165, 1.54) is 11.5 Å².